The zero-order valence-electron chi connectivity index (χ0n) is 8.25. The summed E-state index contributed by atoms with van der Waals surface area (Å²) in [6.45, 7) is 2.42. The second kappa shape index (κ2) is 8.81. The predicted octanol–water partition coefficient (Wildman–Crippen LogP) is 1.85. The van der Waals surface area contributed by atoms with Gasteiger partial charge in [0.25, 0.3) is 0 Å². The Morgan fingerprint density at radius 3 is 2.21 bits per heavy atom. The van der Waals surface area contributed by atoms with Crippen LogP contribution in [0.5, 0.6) is 0 Å². The first-order chi connectivity index (χ1) is 6.70. The molecular formula is C9H15ClO4. The van der Waals surface area contributed by atoms with Crippen molar-refractivity contribution in [2.45, 2.75) is 32.6 Å². The molecule has 0 fully saturated rings. The van der Waals surface area contributed by atoms with Gasteiger partial charge in [-0.3, -0.25) is 9.59 Å². The van der Waals surface area contributed by atoms with Gasteiger partial charge in [-0.05, 0) is 6.42 Å². The van der Waals surface area contributed by atoms with Crippen LogP contribution in [-0.4, -0.2) is 24.6 Å². The molecule has 0 saturated heterocycles. The molecule has 0 aromatic rings. The van der Waals surface area contributed by atoms with Crippen LogP contribution in [0.2, 0.25) is 0 Å². The molecule has 0 N–H and O–H groups in total. The van der Waals surface area contributed by atoms with Crippen molar-refractivity contribution in [1.82, 2.24) is 0 Å². The lowest BCUT2D eigenvalue weighted by molar-refractivity contribution is -0.149. The summed E-state index contributed by atoms with van der Waals surface area (Å²) in [5.41, 5.74) is 0. The average molecular weight is 223 g/mol. The molecule has 0 atom stereocenters. The maximum atomic E-state index is 11.0. The van der Waals surface area contributed by atoms with Gasteiger partial charge in [0.1, 0.15) is 0 Å². The van der Waals surface area contributed by atoms with Gasteiger partial charge in [0, 0.05) is 0 Å². The van der Waals surface area contributed by atoms with Crippen LogP contribution >= 0.6 is 11.6 Å². The Kier molecular flexibility index (Phi) is 8.33. The van der Waals surface area contributed by atoms with E-state index in [9.17, 15) is 9.59 Å². The van der Waals surface area contributed by atoms with Gasteiger partial charge < -0.3 is 9.47 Å². The summed E-state index contributed by atoms with van der Waals surface area (Å²) in [6, 6.07) is -0.177. The molecule has 0 heterocycles. The highest BCUT2D eigenvalue weighted by atomic mass is 35.5. The van der Waals surface area contributed by atoms with Gasteiger partial charge in [0.05, 0.1) is 19.4 Å². The molecule has 0 bridgehead atoms. The number of carbonyl (C=O) groups is 2. The molecule has 0 amide bonds. The van der Waals surface area contributed by atoms with Gasteiger partial charge in [-0.2, -0.15) is 0 Å². The highest BCUT2D eigenvalue weighted by molar-refractivity contribution is 6.17. The minimum absolute atomic E-state index is 0.0255. The topological polar surface area (TPSA) is 52.6 Å². The van der Waals surface area contributed by atoms with E-state index < -0.39 is 5.97 Å². The molecule has 0 radical (unpaired) electrons. The third-order valence-corrected chi connectivity index (χ3v) is 1.62. The monoisotopic (exact) mass is 222 g/mol. The van der Waals surface area contributed by atoms with Gasteiger partial charge in [-0.15, -0.1) is 0 Å². The molecule has 0 aliphatic heterocycles. The minimum atomic E-state index is -0.479. The van der Waals surface area contributed by atoms with E-state index in [1.165, 1.54) is 0 Å². The van der Waals surface area contributed by atoms with Crippen LogP contribution in [0, 0.1) is 0 Å². The van der Waals surface area contributed by atoms with E-state index in [1.807, 2.05) is 6.92 Å². The molecule has 5 heteroatoms. The Hall–Kier alpha value is -0.770. The SMILES string of the molecule is CCCCOC(=O)CCC(=O)OCCl. The minimum Gasteiger partial charge on any atom is -0.466 e. The lowest BCUT2D eigenvalue weighted by atomic mass is 10.3. The summed E-state index contributed by atoms with van der Waals surface area (Å²) in [6.07, 6.45) is 1.90. The zero-order valence-corrected chi connectivity index (χ0v) is 9.01. The lowest BCUT2D eigenvalue weighted by Crippen LogP contribution is -2.10. The van der Waals surface area contributed by atoms with Crippen LogP contribution in [-0.2, 0) is 19.1 Å². The molecule has 0 rings (SSSR count). The molecule has 0 aromatic heterocycles. The lowest BCUT2D eigenvalue weighted by Gasteiger charge is -2.03. The summed E-state index contributed by atoms with van der Waals surface area (Å²) >= 11 is 5.15. The van der Waals surface area contributed by atoms with Gasteiger partial charge in [-0.1, -0.05) is 24.9 Å². The smallest absolute Gasteiger partial charge is 0.307 e. The van der Waals surface area contributed by atoms with E-state index in [4.69, 9.17) is 16.3 Å². The van der Waals surface area contributed by atoms with Crippen molar-refractivity contribution in [2.24, 2.45) is 0 Å². The second-order valence-electron chi connectivity index (χ2n) is 2.70. The largest absolute Gasteiger partial charge is 0.466 e. The van der Waals surface area contributed by atoms with Crippen molar-refractivity contribution < 1.29 is 19.1 Å². The molecular weight excluding hydrogens is 208 g/mol. The van der Waals surface area contributed by atoms with Crippen molar-refractivity contribution in [2.75, 3.05) is 12.7 Å². The fourth-order valence-electron chi connectivity index (χ4n) is 0.740. The summed E-state index contributed by atoms with van der Waals surface area (Å²) in [5.74, 6) is -0.850. The van der Waals surface area contributed by atoms with E-state index in [1.54, 1.807) is 0 Å². The number of hydrogen-bond donors (Lipinski definition) is 0. The second-order valence-corrected chi connectivity index (χ2v) is 2.92. The third-order valence-electron chi connectivity index (χ3n) is 1.51. The molecule has 0 aromatic carbocycles. The number of carbonyl (C=O) groups excluding carboxylic acids is 2. The number of esters is 2. The summed E-state index contributed by atoms with van der Waals surface area (Å²) in [5, 5.41) is 0. The van der Waals surface area contributed by atoms with Crippen molar-refractivity contribution >= 4 is 23.5 Å². The van der Waals surface area contributed by atoms with Crippen LogP contribution in [0.15, 0.2) is 0 Å². The van der Waals surface area contributed by atoms with Crippen LogP contribution in [0.25, 0.3) is 0 Å². The highest BCUT2D eigenvalue weighted by Gasteiger charge is 2.07. The van der Waals surface area contributed by atoms with Crippen molar-refractivity contribution in [3.63, 3.8) is 0 Å². The van der Waals surface area contributed by atoms with Crippen molar-refractivity contribution in [3.05, 3.63) is 0 Å². The van der Waals surface area contributed by atoms with Gasteiger partial charge in [0.2, 0.25) is 0 Å². The normalized spacial score (nSPS) is 9.57. The quantitative estimate of drug-likeness (QED) is 0.375. The number of rotatable bonds is 7. The first kappa shape index (κ1) is 13.2. The molecule has 0 unspecified atom stereocenters. The Bertz CT molecular complexity index is 182. The molecule has 0 spiro atoms. The average Bonchev–Trinajstić information content (AvgIpc) is 2.16. The third kappa shape index (κ3) is 7.86. The van der Waals surface area contributed by atoms with E-state index in [2.05, 4.69) is 4.74 Å². The van der Waals surface area contributed by atoms with Gasteiger partial charge >= 0.3 is 11.9 Å². The zero-order chi connectivity index (χ0) is 10.8. The van der Waals surface area contributed by atoms with Crippen LogP contribution < -0.4 is 0 Å². The Labute approximate surface area is 88.5 Å². The van der Waals surface area contributed by atoms with Crippen LogP contribution in [0.3, 0.4) is 0 Å². The molecule has 0 saturated carbocycles. The molecule has 82 valence electrons. The number of ether oxygens (including phenoxy) is 2. The summed E-state index contributed by atoms with van der Waals surface area (Å²) in [7, 11) is 0. The van der Waals surface area contributed by atoms with Gasteiger partial charge in [0.15, 0.2) is 6.07 Å². The van der Waals surface area contributed by atoms with Crippen LogP contribution in [0.1, 0.15) is 32.6 Å². The number of hydrogen-bond acceptors (Lipinski definition) is 4. The van der Waals surface area contributed by atoms with E-state index in [-0.39, 0.29) is 24.9 Å². The van der Waals surface area contributed by atoms with E-state index in [0.29, 0.717) is 6.61 Å². The number of halogens is 1. The van der Waals surface area contributed by atoms with Crippen molar-refractivity contribution in [1.29, 1.82) is 0 Å². The number of alkyl halides is 1. The highest BCUT2D eigenvalue weighted by Crippen LogP contribution is 1.98. The molecule has 14 heavy (non-hydrogen) atoms. The maximum Gasteiger partial charge on any atom is 0.307 e. The first-order valence-electron chi connectivity index (χ1n) is 4.58. The fourth-order valence-corrected chi connectivity index (χ4v) is 0.861. The Balaban J connectivity index is 3.39. The molecule has 4 nitrogen and oxygen atoms in total. The summed E-state index contributed by atoms with van der Waals surface area (Å²) < 4.78 is 9.27. The molecule has 0 aliphatic rings. The first-order valence-corrected chi connectivity index (χ1v) is 5.11. The standard InChI is InChI=1S/C9H15ClO4/c1-2-3-6-13-8(11)4-5-9(12)14-7-10/h2-7H2,1H3. The predicted molar refractivity (Wildman–Crippen MR) is 51.9 cm³/mol. The van der Waals surface area contributed by atoms with Gasteiger partial charge in [-0.25, -0.2) is 0 Å². The Morgan fingerprint density at radius 2 is 1.71 bits per heavy atom. The van der Waals surface area contributed by atoms with Crippen LogP contribution in [0.4, 0.5) is 0 Å². The number of unbranched alkanes of at least 4 members (excludes halogenated alkanes) is 1. The summed E-state index contributed by atoms with van der Waals surface area (Å²) in [4.78, 5) is 21.7. The maximum absolute atomic E-state index is 11.0. The molecule has 0 aliphatic carbocycles. The van der Waals surface area contributed by atoms with Crippen molar-refractivity contribution in [3.8, 4) is 0 Å². The fraction of sp³-hybridized carbons (Fsp3) is 0.778. The van der Waals surface area contributed by atoms with E-state index in [0.717, 1.165) is 12.8 Å². The van der Waals surface area contributed by atoms with E-state index >= 15 is 0 Å². The Morgan fingerprint density at radius 1 is 1.14 bits per heavy atom.